The summed E-state index contributed by atoms with van der Waals surface area (Å²) < 4.78 is 8.11. The van der Waals surface area contributed by atoms with Crippen LogP contribution in [0.25, 0.3) is 11.2 Å². The Morgan fingerprint density at radius 2 is 1.58 bits per heavy atom. The summed E-state index contributed by atoms with van der Waals surface area (Å²) in [7, 11) is 0. The van der Waals surface area contributed by atoms with E-state index in [9.17, 15) is 9.59 Å². The van der Waals surface area contributed by atoms with Crippen molar-refractivity contribution in [1.29, 1.82) is 0 Å². The second kappa shape index (κ2) is 11.3. The van der Waals surface area contributed by atoms with Crippen molar-refractivity contribution in [3.05, 3.63) is 37.8 Å². The third kappa shape index (κ3) is 5.84. The molecule has 0 bridgehead atoms. The number of aromatic nitrogens is 6. The zero-order valence-corrected chi connectivity index (χ0v) is 19.1. The number of rotatable bonds is 13. The van der Waals surface area contributed by atoms with Crippen LogP contribution in [0.3, 0.4) is 0 Å². The monoisotopic (exact) mass is 450 g/mol. The minimum absolute atomic E-state index is 0.111. The van der Waals surface area contributed by atoms with Gasteiger partial charge in [-0.3, -0.25) is 13.9 Å². The predicted molar refractivity (Wildman–Crippen MR) is 120 cm³/mol. The van der Waals surface area contributed by atoms with Crippen LogP contribution in [0.15, 0.2) is 14.1 Å². The van der Waals surface area contributed by atoms with Crippen LogP contribution < -0.4 is 11.2 Å². The topological polar surface area (TPSA) is 112 Å². The Bertz CT molecular complexity index is 1100. The minimum atomic E-state index is -0.385. The van der Waals surface area contributed by atoms with E-state index in [0.29, 0.717) is 43.3 Å². The van der Waals surface area contributed by atoms with Gasteiger partial charge in [0.15, 0.2) is 17.0 Å². The van der Waals surface area contributed by atoms with E-state index in [1.807, 2.05) is 0 Å². The van der Waals surface area contributed by atoms with Crippen molar-refractivity contribution in [2.75, 3.05) is 0 Å². The van der Waals surface area contributed by atoms with E-state index in [0.717, 1.165) is 51.4 Å². The second-order valence-electron chi connectivity index (χ2n) is 7.84. The third-order valence-corrected chi connectivity index (χ3v) is 5.53. The van der Waals surface area contributed by atoms with Gasteiger partial charge in [-0.15, -0.1) is 0 Å². The van der Waals surface area contributed by atoms with Gasteiger partial charge in [0.2, 0.25) is 11.2 Å². The molecule has 0 aliphatic carbocycles. The van der Waals surface area contributed by atoms with Crippen molar-refractivity contribution in [2.24, 2.45) is 0 Å². The summed E-state index contributed by atoms with van der Waals surface area (Å²) in [6.45, 7) is 5.08. The van der Waals surface area contributed by atoms with Crippen LogP contribution in [0.4, 0.5) is 0 Å². The molecule has 3 heterocycles. The van der Waals surface area contributed by atoms with E-state index in [-0.39, 0.29) is 22.0 Å². The highest BCUT2D eigenvalue weighted by Crippen LogP contribution is 2.11. The minimum Gasteiger partial charge on any atom is -0.339 e. The highest BCUT2D eigenvalue weighted by Gasteiger charge is 2.16. The Labute approximate surface area is 185 Å². The molecule has 3 rings (SSSR count). The van der Waals surface area contributed by atoms with Gasteiger partial charge >= 0.3 is 5.69 Å². The Balaban J connectivity index is 1.66. The summed E-state index contributed by atoms with van der Waals surface area (Å²) in [5.74, 6) is 1.35. The summed E-state index contributed by atoms with van der Waals surface area (Å²) in [6, 6.07) is 0. The lowest BCUT2D eigenvalue weighted by atomic mass is 10.2. The Kier molecular flexibility index (Phi) is 8.45. The van der Waals surface area contributed by atoms with E-state index in [4.69, 9.17) is 16.1 Å². The number of unbranched alkanes of at least 4 members (excludes halogenated alkanes) is 5. The van der Waals surface area contributed by atoms with Crippen LogP contribution in [-0.4, -0.2) is 29.2 Å². The Morgan fingerprint density at radius 1 is 0.903 bits per heavy atom. The lowest BCUT2D eigenvalue weighted by Crippen LogP contribution is -2.40. The molecule has 0 aliphatic rings. The number of nitrogens with zero attached hydrogens (tertiary/aromatic N) is 5. The summed E-state index contributed by atoms with van der Waals surface area (Å²) >= 11 is 5.98. The number of halogens is 1. The second-order valence-corrected chi connectivity index (χ2v) is 8.20. The number of nitrogens with one attached hydrogen (secondary N) is 1. The SMILES string of the molecule is CCCCCc1nc(CCCCn2c(=O)c3[nH]c(Cl)nc3n(CCCCC)c2=O)no1. The van der Waals surface area contributed by atoms with Gasteiger partial charge in [-0.05, 0) is 37.3 Å². The van der Waals surface area contributed by atoms with Crippen molar-refractivity contribution in [1.82, 2.24) is 29.2 Å². The highest BCUT2D eigenvalue weighted by atomic mass is 35.5. The van der Waals surface area contributed by atoms with Crippen molar-refractivity contribution in [3.8, 4) is 0 Å². The Hall–Kier alpha value is -2.42. The van der Waals surface area contributed by atoms with Gasteiger partial charge in [0.1, 0.15) is 0 Å². The molecule has 0 radical (unpaired) electrons. The zero-order valence-electron chi connectivity index (χ0n) is 18.3. The van der Waals surface area contributed by atoms with E-state index in [1.54, 1.807) is 4.57 Å². The highest BCUT2D eigenvalue weighted by molar-refractivity contribution is 6.28. The molecule has 0 unspecified atom stereocenters. The van der Waals surface area contributed by atoms with Gasteiger partial charge in [0, 0.05) is 25.9 Å². The summed E-state index contributed by atoms with van der Waals surface area (Å²) in [4.78, 5) is 37.2. The van der Waals surface area contributed by atoms with Crippen LogP contribution in [0.5, 0.6) is 0 Å². The van der Waals surface area contributed by atoms with Crippen molar-refractivity contribution >= 4 is 22.8 Å². The van der Waals surface area contributed by atoms with Crippen molar-refractivity contribution in [2.45, 2.75) is 91.1 Å². The number of H-pyrrole nitrogens is 1. The number of imidazole rings is 1. The van der Waals surface area contributed by atoms with Gasteiger partial charge in [-0.25, -0.2) is 4.79 Å². The molecule has 0 aliphatic heterocycles. The van der Waals surface area contributed by atoms with Crippen molar-refractivity contribution in [3.63, 3.8) is 0 Å². The smallest absolute Gasteiger partial charge is 0.332 e. The van der Waals surface area contributed by atoms with Crippen LogP contribution in [0.1, 0.15) is 76.9 Å². The zero-order chi connectivity index (χ0) is 22.2. The molecular formula is C21H31ClN6O3. The third-order valence-electron chi connectivity index (χ3n) is 5.35. The average molecular weight is 451 g/mol. The van der Waals surface area contributed by atoms with Crippen molar-refractivity contribution < 1.29 is 4.52 Å². The molecule has 9 nitrogen and oxygen atoms in total. The Morgan fingerprint density at radius 3 is 2.35 bits per heavy atom. The summed E-state index contributed by atoms with van der Waals surface area (Å²) in [5, 5.41) is 4.14. The first-order valence-electron chi connectivity index (χ1n) is 11.3. The molecule has 3 aromatic rings. The van der Waals surface area contributed by atoms with Gasteiger partial charge in [-0.1, -0.05) is 44.7 Å². The van der Waals surface area contributed by atoms with E-state index < -0.39 is 0 Å². The number of aryl methyl sites for hydroxylation is 3. The largest absolute Gasteiger partial charge is 0.339 e. The maximum atomic E-state index is 13.0. The molecule has 0 spiro atoms. The van der Waals surface area contributed by atoms with Gasteiger partial charge in [0.05, 0.1) is 0 Å². The van der Waals surface area contributed by atoms with E-state index >= 15 is 0 Å². The number of fused-ring (bicyclic) bond motifs is 1. The molecule has 0 saturated heterocycles. The fourth-order valence-electron chi connectivity index (χ4n) is 3.63. The maximum absolute atomic E-state index is 13.0. The molecule has 0 saturated carbocycles. The first kappa shape index (κ1) is 23.2. The van der Waals surface area contributed by atoms with Gasteiger partial charge in [0.25, 0.3) is 5.56 Å². The molecule has 0 aromatic carbocycles. The lowest BCUT2D eigenvalue weighted by molar-refractivity contribution is 0.368. The van der Waals surface area contributed by atoms with Crippen LogP contribution in [0.2, 0.25) is 5.28 Å². The van der Waals surface area contributed by atoms with Gasteiger partial charge < -0.3 is 9.51 Å². The fourth-order valence-corrected chi connectivity index (χ4v) is 3.80. The average Bonchev–Trinajstić information content (AvgIpc) is 3.36. The summed E-state index contributed by atoms with van der Waals surface area (Å²) in [5.41, 5.74) is -0.121. The molecule has 3 aromatic heterocycles. The maximum Gasteiger partial charge on any atom is 0.332 e. The van der Waals surface area contributed by atoms with Crippen LogP contribution >= 0.6 is 11.6 Å². The van der Waals surface area contributed by atoms with Gasteiger partial charge in [-0.2, -0.15) is 9.97 Å². The molecule has 0 amide bonds. The number of hydrogen-bond acceptors (Lipinski definition) is 6. The molecule has 10 heteroatoms. The fraction of sp³-hybridized carbons (Fsp3) is 0.667. The van der Waals surface area contributed by atoms with Crippen LogP contribution in [-0.2, 0) is 25.9 Å². The first-order chi connectivity index (χ1) is 15.0. The predicted octanol–water partition coefficient (Wildman–Crippen LogP) is 3.87. The lowest BCUT2D eigenvalue weighted by Gasteiger charge is -2.11. The summed E-state index contributed by atoms with van der Waals surface area (Å²) in [6.07, 6.45) is 9.07. The molecular weight excluding hydrogens is 420 g/mol. The molecule has 31 heavy (non-hydrogen) atoms. The van der Waals surface area contributed by atoms with Crippen LogP contribution in [0, 0.1) is 0 Å². The standard InChI is InChI=1S/C21H31ClN6O3/c1-3-5-7-12-16-23-15(26-31-16)11-8-10-14-28-19(29)17-18(25-20(22)24-17)27(21(28)30)13-9-6-4-2/h3-14H2,1-2H3,(H,24,25). The van der Waals surface area contributed by atoms with E-state index in [2.05, 4.69) is 34.0 Å². The molecule has 0 atom stereocenters. The van der Waals surface area contributed by atoms with E-state index in [1.165, 1.54) is 4.57 Å². The number of aromatic amines is 1. The quantitative estimate of drug-likeness (QED) is 0.312. The number of hydrogen-bond donors (Lipinski definition) is 1. The normalized spacial score (nSPS) is 11.6. The first-order valence-corrected chi connectivity index (χ1v) is 11.6. The molecule has 0 fully saturated rings. The molecule has 1 N–H and O–H groups in total. The molecule has 170 valence electrons.